The fourth-order valence-corrected chi connectivity index (χ4v) is 3.45. The van der Waals surface area contributed by atoms with Gasteiger partial charge in [0.05, 0.1) is 6.04 Å². The molecule has 6 heteroatoms. The Morgan fingerprint density at radius 3 is 2.76 bits per heavy atom. The van der Waals surface area contributed by atoms with Crippen LogP contribution in [0.2, 0.25) is 0 Å². The van der Waals surface area contributed by atoms with Gasteiger partial charge in [-0.1, -0.05) is 12.5 Å². The zero-order chi connectivity index (χ0) is 17.5. The molecule has 25 heavy (non-hydrogen) atoms. The number of aryl methyl sites for hydroxylation is 2. The number of amides is 1. The van der Waals surface area contributed by atoms with E-state index in [0.29, 0.717) is 19.4 Å². The topological polar surface area (TPSA) is 63.1 Å². The first-order valence-electron chi connectivity index (χ1n) is 9.11. The molecule has 1 atom stereocenters. The molecule has 2 aromatic rings. The van der Waals surface area contributed by atoms with Crippen LogP contribution in [0.25, 0.3) is 0 Å². The smallest absolute Gasteiger partial charge is 0.220 e. The fraction of sp³-hybridized carbons (Fsp3) is 0.526. The van der Waals surface area contributed by atoms with Crippen molar-refractivity contribution in [2.45, 2.75) is 38.1 Å². The highest BCUT2D eigenvalue weighted by atomic mass is 16.1. The second-order valence-corrected chi connectivity index (χ2v) is 6.65. The fourth-order valence-electron chi connectivity index (χ4n) is 3.45. The first-order valence-corrected chi connectivity index (χ1v) is 9.11. The number of nitrogens with zero attached hydrogens (tertiary/aromatic N) is 4. The summed E-state index contributed by atoms with van der Waals surface area (Å²) < 4.78 is 1.82. The van der Waals surface area contributed by atoms with Crippen LogP contribution in [0.1, 0.15) is 43.0 Å². The molecule has 0 aromatic carbocycles. The highest BCUT2D eigenvalue weighted by Crippen LogP contribution is 2.23. The van der Waals surface area contributed by atoms with Gasteiger partial charge < -0.3 is 5.32 Å². The molecule has 1 N–H and O–H groups in total. The summed E-state index contributed by atoms with van der Waals surface area (Å²) in [5.41, 5.74) is 2.26. The van der Waals surface area contributed by atoms with Gasteiger partial charge in [0, 0.05) is 44.3 Å². The van der Waals surface area contributed by atoms with Crippen molar-refractivity contribution in [1.29, 1.82) is 0 Å². The monoisotopic (exact) mass is 341 g/mol. The van der Waals surface area contributed by atoms with Gasteiger partial charge in [-0.2, -0.15) is 5.10 Å². The van der Waals surface area contributed by atoms with Crippen LogP contribution >= 0.6 is 0 Å². The Morgan fingerprint density at radius 2 is 2.08 bits per heavy atom. The van der Waals surface area contributed by atoms with Gasteiger partial charge in [0.25, 0.3) is 0 Å². The standard InChI is InChI=1S/C19H27N5O/c1-23-17(9-11-22-23)7-8-19(25)21-15-18(16-6-5-10-20-14-16)24-12-3-2-4-13-24/h5-6,9-11,14,18H,2-4,7-8,12-13,15H2,1H3,(H,21,25)/t18-/m1/s1. The van der Waals surface area contributed by atoms with Gasteiger partial charge >= 0.3 is 0 Å². The zero-order valence-electron chi connectivity index (χ0n) is 14.9. The van der Waals surface area contributed by atoms with Gasteiger partial charge in [-0.25, -0.2) is 0 Å². The zero-order valence-corrected chi connectivity index (χ0v) is 14.9. The number of likely N-dealkylation sites (tertiary alicyclic amines) is 1. The van der Waals surface area contributed by atoms with Crippen LogP contribution in [-0.4, -0.2) is 45.2 Å². The number of piperidine rings is 1. The highest BCUT2D eigenvalue weighted by molar-refractivity contribution is 5.76. The van der Waals surface area contributed by atoms with Crippen molar-refractivity contribution < 1.29 is 4.79 Å². The molecule has 3 heterocycles. The number of nitrogens with one attached hydrogen (secondary N) is 1. The van der Waals surface area contributed by atoms with Crippen molar-refractivity contribution in [2.75, 3.05) is 19.6 Å². The summed E-state index contributed by atoms with van der Waals surface area (Å²) >= 11 is 0. The lowest BCUT2D eigenvalue weighted by atomic mass is 10.0. The van der Waals surface area contributed by atoms with Crippen molar-refractivity contribution in [3.63, 3.8) is 0 Å². The van der Waals surface area contributed by atoms with Crippen molar-refractivity contribution in [1.82, 2.24) is 25.0 Å². The highest BCUT2D eigenvalue weighted by Gasteiger charge is 2.23. The molecule has 0 radical (unpaired) electrons. The molecule has 0 unspecified atom stereocenters. The minimum absolute atomic E-state index is 0.0899. The number of carbonyl (C=O) groups excluding carboxylic acids is 1. The van der Waals surface area contributed by atoms with Crippen LogP contribution in [0.4, 0.5) is 0 Å². The van der Waals surface area contributed by atoms with E-state index in [4.69, 9.17) is 0 Å². The van der Waals surface area contributed by atoms with E-state index in [-0.39, 0.29) is 11.9 Å². The summed E-state index contributed by atoms with van der Waals surface area (Å²) in [5.74, 6) is 0.0899. The molecule has 1 saturated heterocycles. The van der Waals surface area contributed by atoms with Crippen molar-refractivity contribution >= 4 is 5.91 Å². The van der Waals surface area contributed by atoms with E-state index in [9.17, 15) is 4.79 Å². The lowest BCUT2D eigenvalue weighted by molar-refractivity contribution is -0.121. The van der Waals surface area contributed by atoms with E-state index >= 15 is 0 Å². The van der Waals surface area contributed by atoms with Gasteiger partial charge in [-0.05, 0) is 50.0 Å². The number of pyridine rings is 1. The number of hydrogen-bond donors (Lipinski definition) is 1. The first kappa shape index (κ1) is 17.6. The third-order valence-electron chi connectivity index (χ3n) is 4.92. The lowest BCUT2D eigenvalue weighted by Gasteiger charge is -2.34. The Hall–Kier alpha value is -2.21. The molecule has 134 valence electrons. The predicted molar refractivity (Wildman–Crippen MR) is 96.9 cm³/mol. The maximum Gasteiger partial charge on any atom is 0.220 e. The second-order valence-electron chi connectivity index (χ2n) is 6.65. The minimum atomic E-state index is 0.0899. The molecule has 1 aliphatic rings. The quantitative estimate of drug-likeness (QED) is 0.838. The van der Waals surface area contributed by atoms with Crippen molar-refractivity contribution in [3.8, 4) is 0 Å². The Morgan fingerprint density at radius 1 is 1.24 bits per heavy atom. The normalized spacial score (nSPS) is 16.5. The van der Waals surface area contributed by atoms with Crippen LogP contribution in [0.5, 0.6) is 0 Å². The predicted octanol–water partition coefficient (Wildman–Crippen LogP) is 2.09. The molecule has 0 spiro atoms. The molecule has 0 aliphatic carbocycles. The molecule has 1 amide bonds. The third-order valence-corrected chi connectivity index (χ3v) is 4.92. The van der Waals surface area contributed by atoms with Gasteiger partial charge in [-0.15, -0.1) is 0 Å². The summed E-state index contributed by atoms with van der Waals surface area (Å²) in [6.45, 7) is 2.81. The van der Waals surface area contributed by atoms with E-state index in [2.05, 4.69) is 26.4 Å². The van der Waals surface area contributed by atoms with Crippen LogP contribution in [0.3, 0.4) is 0 Å². The molecular formula is C19H27N5O. The van der Waals surface area contributed by atoms with Gasteiger partial charge in [0.2, 0.25) is 5.91 Å². The third kappa shape index (κ3) is 4.89. The van der Waals surface area contributed by atoms with E-state index in [1.165, 1.54) is 24.8 Å². The van der Waals surface area contributed by atoms with E-state index in [1.54, 1.807) is 12.4 Å². The van der Waals surface area contributed by atoms with E-state index in [0.717, 1.165) is 18.8 Å². The SMILES string of the molecule is Cn1nccc1CCC(=O)NC[C@H](c1cccnc1)N1CCCCC1. The summed E-state index contributed by atoms with van der Waals surface area (Å²) in [4.78, 5) is 19.0. The Bertz CT molecular complexity index is 663. The summed E-state index contributed by atoms with van der Waals surface area (Å²) in [6.07, 6.45) is 10.4. The number of carbonyl (C=O) groups is 1. The number of aromatic nitrogens is 3. The van der Waals surface area contributed by atoms with Crippen LogP contribution < -0.4 is 5.32 Å². The molecule has 1 aliphatic heterocycles. The molecular weight excluding hydrogens is 314 g/mol. The maximum absolute atomic E-state index is 12.3. The maximum atomic E-state index is 12.3. The molecule has 0 saturated carbocycles. The Labute approximate surface area is 149 Å². The van der Waals surface area contributed by atoms with E-state index < -0.39 is 0 Å². The largest absolute Gasteiger partial charge is 0.354 e. The van der Waals surface area contributed by atoms with Crippen molar-refractivity contribution in [3.05, 3.63) is 48.0 Å². The number of hydrogen-bond acceptors (Lipinski definition) is 4. The molecule has 0 bridgehead atoms. The van der Waals surface area contributed by atoms with Gasteiger partial charge in [0.1, 0.15) is 0 Å². The molecule has 6 nitrogen and oxygen atoms in total. The van der Waals surface area contributed by atoms with Gasteiger partial charge in [-0.3, -0.25) is 19.4 Å². The summed E-state index contributed by atoms with van der Waals surface area (Å²) in [5, 5.41) is 7.26. The van der Waals surface area contributed by atoms with Gasteiger partial charge in [0.15, 0.2) is 0 Å². The Kier molecular flexibility index (Phi) is 6.17. The summed E-state index contributed by atoms with van der Waals surface area (Å²) in [6, 6.07) is 6.24. The molecule has 1 fully saturated rings. The van der Waals surface area contributed by atoms with Crippen LogP contribution in [-0.2, 0) is 18.3 Å². The van der Waals surface area contributed by atoms with Crippen LogP contribution in [0.15, 0.2) is 36.8 Å². The number of rotatable bonds is 7. The van der Waals surface area contributed by atoms with E-state index in [1.807, 2.05) is 30.1 Å². The summed E-state index contributed by atoms with van der Waals surface area (Å²) in [7, 11) is 1.90. The Balaban J connectivity index is 1.56. The average molecular weight is 341 g/mol. The average Bonchev–Trinajstić information content (AvgIpc) is 3.07. The molecule has 2 aromatic heterocycles. The van der Waals surface area contributed by atoms with Crippen molar-refractivity contribution in [2.24, 2.45) is 7.05 Å². The molecule has 3 rings (SSSR count). The minimum Gasteiger partial charge on any atom is -0.354 e. The first-order chi connectivity index (χ1) is 12.2. The second kappa shape index (κ2) is 8.76. The van der Waals surface area contributed by atoms with Crippen LogP contribution in [0, 0.1) is 0 Å². The lowest BCUT2D eigenvalue weighted by Crippen LogP contribution is -2.40.